The SMILES string of the molecule is COc1ccc(CN2CCN(S(=O)(=O)c3cccc(C)c3)CC2)cc1. The molecule has 0 saturated carbocycles. The van der Waals surface area contributed by atoms with Crippen LogP contribution in [0.15, 0.2) is 53.4 Å². The molecule has 2 aromatic rings. The van der Waals surface area contributed by atoms with Crippen molar-refractivity contribution in [2.45, 2.75) is 18.4 Å². The van der Waals surface area contributed by atoms with Crippen molar-refractivity contribution in [2.75, 3.05) is 33.3 Å². The highest BCUT2D eigenvalue weighted by Crippen LogP contribution is 2.20. The van der Waals surface area contributed by atoms with Crippen LogP contribution in [0.4, 0.5) is 0 Å². The van der Waals surface area contributed by atoms with Gasteiger partial charge in [-0.3, -0.25) is 4.90 Å². The maximum Gasteiger partial charge on any atom is 0.243 e. The maximum absolute atomic E-state index is 12.8. The fourth-order valence-electron chi connectivity index (χ4n) is 3.04. The van der Waals surface area contributed by atoms with Gasteiger partial charge in [0.25, 0.3) is 0 Å². The lowest BCUT2D eigenvalue weighted by molar-refractivity contribution is 0.181. The van der Waals surface area contributed by atoms with Crippen LogP contribution in [0.2, 0.25) is 0 Å². The zero-order valence-electron chi connectivity index (χ0n) is 14.7. The molecule has 0 bridgehead atoms. The molecule has 0 unspecified atom stereocenters. The standard InChI is InChI=1S/C19H24N2O3S/c1-16-4-3-5-19(14-16)25(22,23)21-12-10-20(11-13-21)15-17-6-8-18(24-2)9-7-17/h3-9,14H,10-13,15H2,1-2H3. The summed E-state index contributed by atoms with van der Waals surface area (Å²) in [4.78, 5) is 2.67. The molecule has 25 heavy (non-hydrogen) atoms. The van der Waals surface area contributed by atoms with Gasteiger partial charge in [0.05, 0.1) is 12.0 Å². The number of piperazine rings is 1. The number of methoxy groups -OCH3 is 1. The fraction of sp³-hybridized carbons (Fsp3) is 0.368. The highest BCUT2D eigenvalue weighted by molar-refractivity contribution is 7.89. The van der Waals surface area contributed by atoms with Crippen molar-refractivity contribution in [3.8, 4) is 5.75 Å². The normalized spacial score (nSPS) is 16.7. The lowest BCUT2D eigenvalue weighted by Gasteiger charge is -2.34. The number of rotatable bonds is 5. The topological polar surface area (TPSA) is 49.9 Å². The lowest BCUT2D eigenvalue weighted by atomic mass is 10.2. The summed E-state index contributed by atoms with van der Waals surface area (Å²) < 4.78 is 32.3. The summed E-state index contributed by atoms with van der Waals surface area (Å²) in [7, 11) is -1.74. The minimum Gasteiger partial charge on any atom is -0.497 e. The first-order valence-corrected chi connectivity index (χ1v) is 9.85. The van der Waals surface area contributed by atoms with Gasteiger partial charge < -0.3 is 4.74 Å². The molecular weight excluding hydrogens is 336 g/mol. The number of hydrogen-bond donors (Lipinski definition) is 0. The van der Waals surface area contributed by atoms with Crippen molar-refractivity contribution in [1.82, 2.24) is 9.21 Å². The third kappa shape index (κ3) is 4.21. The molecule has 0 radical (unpaired) electrons. The van der Waals surface area contributed by atoms with E-state index in [1.165, 1.54) is 5.56 Å². The molecule has 5 nitrogen and oxygen atoms in total. The first-order valence-electron chi connectivity index (χ1n) is 8.41. The zero-order chi connectivity index (χ0) is 17.9. The fourth-order valence-corrected chi connectivity index (χ4v) is 4.57. The number of sulfonamides is 1. The molecule has 1 fully saturated rings. The van der Waals surface area contributed by atoms with Crippen LogP contribution in [-0.2, 0) is 16.6 Å². The molecule has 0 aromatic heterocycles. The maximum atomic E-state index is 12.8. The third-order valence-electron chi connectivity index (χ3n) is 4.52. The Bertz CT molecular complexity index is 811. The van der Waals surface area contributed by atoms with Crippen molar-refractivity contribution in [3.63, 3.8) is 0 Å². The largest absolute Gasteiger partial charge is 0.497 e. The van der Waals surface area contributed by atoms with E-state index in [9.17, 15) is 8.42 Å². The smallest absolute Gasteiger partial charge is 0.243 e. The Morgan fingerprint density at radius 1 is 1.00 bits per heavy atom. The van der Waals surface area contributed by atoms with Crippen LogP contribution < -0.4 is 4.74 Å². The summed E-state index contributed by atoms with van der Waals surface area (Å²) in [5, 5.41) is 0. The van der Waals surface area contributed by atoms with Gasteiger partial charge in [0.15, 0.2) is 0 Å². The molecule has 2 aromatic carbocycles. The van der Waals surface area contributed by atoms with Crippen molar-refractivity contribution in [1.29, 1.82) is 0 Å². The van der Waals surface area contributed by atoms with Gasteiger partial charge in [-0.1, -0.05) is 24.3 Å². The van der Waals surface area contributed by atoms with E-state index < -0.39 is 10.0 Å². The van der Waals surface area contributed by atoms with Gasteiger partial charge in [-0.15, -0.1) is 0 Å². The van der Waals surface area contributed by atoms with Gasteiger partial charge in [0.1, 0.15) is 5.75 Å². The molecule has 1 heterocycles. The Morgan fingerprint density at radius 3 is 2.28 bits per heavy atom. The minimum absolute atomic E-state index is 0.385. The molecule has 1 saturated heterocycles. The van der Waals surface area contributed by atoms with E-state index in [4.69, 9.17) is 4.74 Å². The van der Waals surface area contributed by atoms with E-state index in [0.29, 0.717) is 18.0 Å². The van der Waals surface area contributed by atoms with Gasteiger partial charge in [-0.2, -0.15) is 4.31 Å². The van der Waals surface area contributed by atoms with Crippen LogP contribution >= 0.6 is 0 Å². The summed E-state index contributed by atoms with van der Waals surface area (Å²) in [6.07, 6.45) is 0. The lowest BCUT2D eigenvalue weighted by Crippen LogP contribution is -2.48. The highest BCUT2D eigenvalue weighted by atomic mass is 32.2. The van der Waals surface area contributed by atoms with E-state index in [-0.39, 0.29) is 0 Å². The van der Waals surface area contributed by atoms with Crippen LogP contribution in [0.3, 0.4) is 0 Å². The predicted molar refractivity (Wildman–Crippen MR) is 98.2 cm³/mol. The number of nitrogens with zero attached hydrogens (tertiary/aromatic N) is 2. The Balaban J connectivity index is 1.61. The van der Waals surface area contributed by atoms with Crippen LogP contribution in [0.5, 0.6) is 5.75 Å². The van der Waals surface area contributed by atoms with Crippen molar-refractivity contribution in [2.24, 2.45) is 0 Å². The summed E-state index contributed by atoms with van der Waals surface area (Å²) in [5.41, 5.74) is 2.16. The van der Waals surface area contributed by atoms with Gasteiger partial charge >= 0.3 is 0 Å². The second kappa shape index (κ2) is 7.56. The summed E-state index contributed by atoms with van der Waals surface area (Å²) in [6.45, 7) is 5.24. The molecule has 0 atom stereocenters. The van der Waals surface area contributed by atoms with Crippen molar-refractivity contribution < 1.29 is 13.2 Å². The van der Waals surface area contributed by atoms with Crippen LogP contribution in [-0.4, -0.2) is 50.9 Å². The molecule has 0 N–H and O–H groups in total. The average molecular weight is 360 g/mol. The van der Waals surface area contributed by atoms with E-state index in [1.807, 2.05) is 25.1 Å². The highest BCUT2D eigenvalue weighted by Gasteiger charge is 2.28. The summed E-state index contributed by atoms with van der Waals surface area (Å²) in [5.74, 6) is 0.845. The molecule has 1 aliphatic heterocycles. The van der Waals surface area contributed by atoms with Crippen molar-refractivity contribution >= 4 is 10.0 Å². The van der Waals surface area contributed by atoms with Gasteiger partial charge in [0, 0.05) is 32.7 Å². The second-order valence-electron chi connectivity index (χ2n) is 6.34. The van der Waals surface area contributed by atoms with E-state index >= 15 is 0 Å². The number of hydrogen-bond acceptors (Lipinski definition) is 4. The van der Waals surface area contributed by atoms with Crippen LogP contribution in [0.25, 0.3) is 0 Å². The Kier molecular flexibility index (Phi) is 5.42. The number of aryl methyl sites for hydroxylation is 1. The Morgan fingerprint density at radius 2 is 1.68 bits per heavy atom. The average Bonchev–Trinajstić information content (AvgIpc) is 2.63. The molecular formula is C19H24N2O3S. The first-order chi connectivity index (χ1) is 12.0. The molecule has 134 valence electrons. The zero-order valence-corrected chi connectivity index (χ0v) is 15.5. The van der Waals surface area contributed by atoms with Crippen LogP contribution in [0, 0.1) is 6.92 Å². The predicted octanol–water partition coefficient (Wildman–Crippen LogP) is 2.51. The first kappa shape index (κ1) is 17.9. The quantitative estimate of drug-likeness (QED) is 0.822. The van der Waals surface area contributed by atoms with E-state index in [0.717, 1.165) is 30.9 Å². The molecule has 1 aliphatic rings. The van der Waals surface area contributed by atoms with Crippen LogP contribution in [0.1, 0.15) is 11.1 Å². The Labute approximate surface area is 149 Å². The van der Waals surface area contributed by atoms with Gasteiger partial charge in [-0.05, 0) is 42.3 Å². The van der Waals surface area contributed by atoms with E-state index in [1.54, 1.807) is 29.6 Å². The van der Waals surface area contributed by atoms with E-state index in [2.05, 4.69) is 17.0 Å². The molecule has 3 rings (SSSR count). The molecule has 0 amide bonds. The molecule has 0 aliphatic carbocycles. The Hall–Kier alpha value is -1.89. The van der Waals surface area contributed by atoms with Gasteiger partial charge in [0.2, 0.25) is 10.0 Å². The summed E-state index contributed by atoms with van der Waals surface area (Å²) >= 11 is 0. The summed E-state index contributed by atoms with van der Waals surface area (Å²) in [6, 6.07) is 15.1. The second-order valence-corrected chi connectivity index (χ2v) is 8.28. The number of benzene rings is 2. The number of ether oxygens (including phenoxy) is 1. The van der Waals surface area contributed by atoms with Crippen molar-refractivity contribution in [3.05, 3.63) is 59.7 Å². The minimum atomic E-state index is -3.40. The monoisotopic (exact) mass is 360 g/mol. The molecule has 6 heteroatoms. The van der Waals surface area contributed by atoms with Gasteiger partial charge in [-0.25, -0.2) is 8.42 Å². The third-order valence-corrected chi connectivity index (χ3v) is 6.42. The molecule has 0 spiro atoms.